The van der Waals surface area contributed by atoms with E-state index >= 15 is 0 Å². The smallest absolute Gasteiger partial charge is 0.255 e. The second-order valence-corrected chi connectivity index (χ2v) is 9.18. The number of benzene rings is 2. The zero-order valence-corrected chi connectivity index (χ0v) is 18.6. The van der Waals surface area contributed by atoms with Crippen molar-refractivity contribution in [2.45, 2.75) is 31.1 Å². The number of halogens is 1. The molecule has 1 aliphatic rings. The van der Waals surface area contributed by atoms with Crippen molar-refractivity contribution < 1.29 is 22.7 Å². The number of rotatable bonds is 7. The molecule has 0 aliphatic carbocycles. The highest BCUT2D eigenvalue weighted by Gasteiger charge is 2.29. The number of carbonyl (C=O) groups is 1. The molecule has 1 amide bonds. The molecular formula is C21H25ClN2O5S. The van der Waals surface area contributed by atoms with E-state index in [2.05, 4.69) is 5.32 Å². The molecule has 162 valence electrons. The van der Waals surface area contributed by atoms with Gasteiger partial charge in [-0.1, -0.05) is 18.0 Å². The third kappa shape index (κ3) is 4.88. The van der Waals surface area contributed by atoms with Crippen molar-refractivity contribution in [3.05, 3.63) is 47.0 Å². The number of amides is 1. The Balaban J connectivity index is 1.86. The summed E-state index contributed by atoms with van der Waals surface area (Å²) in [6.45, 7) is 3.26. The van der Waals surface area contributed by atoms with Crippen LogP contribution in [-0.2, 0) is 10.0 Å². The SMILES string of the molecule is CCOc1ccc(C(=O)Nc2ccc(OC)c(S(=O)(=O)N3CCCCC3)c2)cc1Cl. The van der Waals surface area contributed by atoms with Gasteiger partial charge in [-0.15, -0.1) is 0 Å². The second kappa shape index (κ2) is 9.68. The van der Waals surface area contributed by atoms with Crippen LogP contribution in [0.4, 0.5) is 5.69 Å². The van der Waals surface area contributed by atoms with E-state index in [1.807, 2.05) is 6.92 Å². The first-order valence-electron chi connectivity index (χ1n) is 9.78. The molecule has 1 fully saturated rings. The third-order valence-electron chi connectivity index (χ3n) is 4.85. The van der Waals surface area contributed by atoms with Gasteiger partial charge in [0, 0.05) is 24.3 Å². The van der Waals surface area contributed by atoms with E-state index in [-0.39, 0.29) is 10.6 Å². The molecule has 1 saturated heterocycles. The van der Waals surface area contributed by atoms with Gasteiger partial charge in [0.2, 0.25) is 10.0 Å². The van der Waals surface area contributed by atoms with Gasteiger partial charge in [0.25, 0.3) is 5.91 Å². The van der Waals surface area contributed by atoms with Gasteiger partial charge in [-0.25, -0.2) is 8.42 Å². The van der Waals surface area contributed by atoms with E-state index in [9.17, 15) is 13.2 Å². The number of piperidine rings is 1. The number of methoxy groups -OCH3 is 1. The molecule has 2 aromatic rings. The minimum absolute atomic E-state index is 0.0365. The maximum atomic E-state index is 13.1. The molecule has 1 aliphatic heterocycles. The van der Waals surface area contributed by atoms with Crippen molar-refractivity contribution in [2.75, 3.05) is 32.1 Å². The zero-order valence-electron chi connectivity index (χ0n) is 17.0. The Labute approximate surface area is 182 Å². The van der Waals surface area contributed by atoms with Gasteiger partial charge < -0.3 is 14.8 Å². The normalized spacial score (nSPS) is 14.9. The Morgan fingerprint density at radius 3 is 2.43 bits per heavy atom. The van der Waals surface area contributed by atoms with Gasteiger partial charge in [0.1, 0.15) is 16.4 Å². The Kier molecular flexibility index (Phi) is 7.23. The molecule has 3 rings (SSSR count). The fraction of sp³-hybridized carbons (Fsp3) is 0.381. The van der Waals surface area contributed by atoms with Gasteiger partial charge in [0.15, 0.2) is 0 Å². The standard InChI is InChI=1S/C21H25ClN2O5S/c1-3-29-18-9-7-15(13-17(18)22)21(25)23-16-8-10-19(28-2)20(14-16)30(26,27)24-11-5-4-6-12-24/h7-10,13-14H,3-6,11-12H2,1-2H3,(H,23,25). The predicted octanol–water partition coefficient (Wildman–Crippen LogP) is 4.17. The molecule has 0 aromatic heterocycles. The Bertz CT molecular complexity index is 1020. The molecule has 2 aromatic carbocycles. The average Bonchev–Trinajstić information content (AvgIpc) is 2.75. The van der Waals surface area contributed by atoms with Gasteiger partial charge >= 0.3 is 0 Å². The van der Waals surface area contributed by atoms with Gasteiger partial charge in [0.05, 0.1) is 18.7 Å². The largest absolute Gasteiger partial charge is 0.495 e. The number of carbonyl (C=O) groups excluding carboxylic acids is 1. The van der Waals surface area contributed by atoms with Crippen molar-refractivity contribution >= 4 is 33.2 Å². The van der Waals surface area contributed by atoms with Gasteiger partial charge in [-0.05, 0) is 56.2 Å². The molecule has 7 nitrogen and oxygen atoms in total. The summed E-state index contributed by atoms with van der Waals surface area (Å²) in [7, 11) is -2.31. The lowest BCUT2D eigenvalue weighted by Crippen LogP contribution is -2.35. The number of ether oxygens (including phenoxy) is 2. The van der Waals surface area contributed by atoms with Crippen molar-refractivity contribution in [3.8, 4) is 11.5 Å². The van der Waals surface area contributed by atoms with Crippen LogP contribution in [0.1, 0.15) is 36.5 Å². The predicted molar refractivity (Wildman–Crippen MR) is 116 cm³/mol. The van der Waals surface area contributed by atoms with Crippen molar-refractivity contribution in [2.24, 2.45) is 0 Å². The summed E-state index contributed by atoms with van der Waals surface area (Å²) in [6.07, 6.45) is 2.68. The number of nitrogens with zero attached hydrogens (tertiary/aromatic N) is 1. The quantitative estimate of drug-likeness (QED) is 0.681. The third-order valence-corrected chi connectivity index (χ3v) is 7.06. The minimum atomic E-state index is -3.73. The zero-order chi connectivity index (χ0) is 21.7. The van der Waals surface area contributed by atoms with E-state index in [0.29, 0.717) is 41.7 Å². The molecule has 0 saturated carbocycles. The van der Waals surface area contributed by atoms with Crippen LogP contribution in [0.2, 0.25) is 5.02 Å². The molecule has 0 radical (unpaired) electrons. The van der Waals surface area contributed by atoms with Crippen LogP contribution >= 0.6 is 11.6 Å². The number of anilines is 1. The molecule has 0 spiro atoms. The lowest BCUT2D eigenvalue weighted by Gasteiger charge is -2.26. The first-order chi connectivity index (χ1) is 14.4. The highest BCUT2D eigenvalue weighted by atomic mass is 35.5. The minimum Gasteiger partial charge on any atom is -0.495 e. The first-order valence-corrected chi connectivity index (χ1v) is 11.6. The highest BCUT2D eigenvalue weighted by Crippen LogP contribution is 2.32. The lowest BCUT2D eigenvalue weighted by atomic mass is 10.2. The maximum absolute atomic E-state index is 13.1. The number of hydrogen-bond donors (Lipinski definition) is 1. The fourth-order valence-corrected chi connectivity index (χ4v) is 5.25. The molecule has 0 unspecified atom stereocenters. The average molecular weight is 453 g/mol. The second-order valence-electron chi connectivity index (χ2n) is 6.86. The summed E-state index contributed by atoms with van der Waals surface area (Å²) < 4.78 is 38.4. The fourth-order valence-electron chi connectivity index (χ4n) is 3.32. The Morgan fingerprint density at radius 1 is 1.10 bits per heavy atom. The highest BCUT2D eigenvalue weighted by molar-refractivity contribution is 7.89. The van der Waals surface area contributed by atoms with Crippen LogP contribution in [-0.4, -0.2) is 45.4 Å². The molecule has 0 bridgehead atoms. The van der Waals surface area contributed by atoms with E-state index in [1.54, 1.807) is 18.2 Å². The lowest BCUT2D eigenvalue weighted by molar-refractivity contribution is 0.102. The van der Waals surface area contributed by atoms with Gasteiger partial charge in [-0.2, -0.15) is 4.31 Å². The summed E-state index contributed by atoms with van der Waals surface area (Å²) in [5.41, 5.74) is 0.682. The van der Waals surface area contributed by atoms with E-state index < -0.39 is 15.9 Å². The van der Waals surface area contributed by atoms with Crippen molar-refractivity contribution in [1.29, 1.82) is 0 Å². The Morgan fingerprint density at radius 2 is 1.80 bits per heavy atom. The number of nitrogens with one attached hydrogen (secondary N) is 1. The summed E-state index contributed by atoms with van der Waals surface area (Å²) in [5.74, 6) is 0.323. The summed E-state index contributed by atoms with van der Waals surface area (Å²) in [5, 5.41) is 3.05. The van der Waals surface area contributed by atoms with Crippen molar-refractivity contribution in [3.63, 3.8) is 0 Å². The molecule has 9 heteroatoms. The number of hydrogen-bond acceptors (Lipinski definition) is 5. The topological polar surface area (TPSA) is 84.9 Å². The van der Waals surface area contributed by atoms with Crippen LogP contribution in [0.3, 0.4) is 0 Å². The summed E-state index contributed by atoms with van der Waals surface area (Å²) >= 11 is 6.16. The van der Waals surface area contributed by atoms with Crippen molar-refractivity contribution in [1.82, 2.24) is 4.31 Å². The molecule has 1 N–H and O–H groups in total. The molecule has 0 atom stereocenters. The summed E-state index contributed by atoms with van der Waals surface area (Å²) in [4.78, 5) is 12.7. The van der Waals surface area contributed by atoms with Crippen LogP contribution in [0.5, 0.6) is 11.5 Å². The van der Waals surface area contributed by atoms with E-state index in [4.69, 9.17) is 21.1 Å². The van der Waals surface area contributed by atoms with Crippen LogP contribution in [0.25, 0.3) is 0 Å². The molecular weight excluding hydrogens is 428 g/mol. The maximum Gasteiger partial charge on any atom is 0.255 e. The van der Waals surface area contributed by atoms with E-state index in [1.165, 1.54) is 29.6 Å². The van der Waals surface area contributed by atoms with Crippen LogP contribution < -0.4 is 14.8 Å². The van der Waals surface area contributed by atoms with Crippen LogP contribution in [0.15, 0.2) is 41.3 Å². The summed E-state index contributed by atoms with van der Waals surface area (Å²) in [6, 6.07) is 9.30. The molecule has 1 heterocycles. The molecule has 30 heavy (non-hydrogen) atoms. The van der Waals surface area contributed by atoms with Crippen LogP contribution in [0, 0.1) is 0 Å². The first kappa shape index (κ1) is 22.4. The Hall–Kier alpha value is -2.29. The van der Waals surface area contributed by atoms with E-state index in [0.717, 1.165) is 19.3 Å². The number of sulfonamides is 1. The monoisotopic (exact) mass is 452 g/mol. The van der Waals surface area contributed by atoms with Gasteiger partial charge in [-0.3, -0.25) is 4.79 Å².